The molecule has 0 aliphatic carbocycles. The number of quaternary nitrogens is 1. The van der Waals surface area contributed by atoms with Gasteiger partial charge in [0, 0.05) is 16.4 Å². The summed E-state index contributed by atoms with van der Waals surface area (Å²) in [7, 11) is 3.05. The van der Waals surface area contributed by atoms with Gasteiger partial charge in [0.1, 0.15) is 0 Å². The number of amides is 2. The van der Waals surface area contributed by atoms with E-state index in [-0.39, 0.29) is 24.9 Å². The normalized spacial score (nSPS) is 11.4. The highest BCUT2D eigenvalue weighted by Gasteiger charge is 2.16. The quantitative estimate of drug-likeness (QED) is 0.610. The van der Waals surface area contributed by atoms with E-state index in [1.807, 2.05) is 6.92 Å². The molecule has 3 N–H and O–H groups in total. The van der Waals surface area contributed by atoms with Crippen LogP contribution in [0.1, 0.15) is 15.9 Å². The van der Waals surface area contributed by atoms with Crippen molar-refractivity contribution in [2.75, 3.05) is 37.9 Å². The molecule has 2 amide bonds. The summed E-state index contributed by atoms with van der Waals surface area (Å²) in [4.78, 5) is 36.8. The molecular weight excluding hydrogens is 382 g/mol. The second-order valence-electron chi connectivity index (χ2n) is 6.44. The minimum atomic E-state index is -0.475. The molecule has 0 fully saturated rings. The van der Waals surface area contributed by atoms with Crippen LogP contribution in [0.3, 0.4) is 0 Å². The summed E-state index contributed by atoms with van der Waals surface area (Å²) in [5.74, 6) is -0.949. The fourth-order valence-corrected chi connectivity index (χ4v) is 2.67. The largest absolute Gasteiger partial charge is 0.465 e. The summed E-state index contributed by atoms with van der Waals surface area (Å²) < 4.78 is 4.69. The first kappa shape index (κ1) is 21.4. The Morgan fingerprint density at radius 3 is 2.21 bits per heavy atom. The number of benzene rings is 2. The number of rotatable bonds is 7. The molecular formula is C20H23ClN3O4+. The maximum absolute atomic E-state index is 12.3. The van der Waals surface area contributed by atoms with Crippen LogP contribution in [0.25, 0.3) is 0 Å². The standard InChI is InChI=1S/C20H22ClN3O4/c1-13-4-5-14(20(27)28-3)10-17(13)23-19(26)12-24(2)11-18(25)22-16-8-6-15(21)7-9-16/h4-10H,11-12H2,1-3H3,(H,22,25)(H,23,26)/p+1. The monoisotopic (exact) mass is 404 g/mol. The molecule has 2 rings (SSSR count). The van der Waals surface area contributed by atoms with Crippen molar-refractivity contribution < 1.29 is 24.0 Å². The van der Waals surface area contributed by atoms with Crippen molar-refractivity contribution in [3.8, 4) is 0 Å². The van der Waals surface area contributed by atoms with Gasteiger partial charge >= 0.3 is 5.97 Å². The van der Waals surface area contributed by atoms with E-state index >= 15 is 0 Å². The van der Waals surface area contributed by atoms with E-state index in [2.05, 4.69) is 10.6 Å². The molecule has 0 aromatic heterocycles. The Hall–Kier alpha value is -2.90. The van der Waals surface area contributed by atoms with Crippen molar-refractivity contribution in [2.45, 2.75) is 6.92 Å². The van der Waals surface area contributed by atoms with Gasteiger partial charge in [0.25, 0.3) is 11.8 Å². The summed E-state index contributed by atoms with van der Waals surface area (Å²) in [6.45, 7) is 2.04. The second-order valence-corrected chi connectivity index (χ2v) is 6.87. The molecule has 7 nitrogen and oxygen atoms in total. The first-order chi connectivity index (χ1) is 13.3. The van der Waals surface area contributed by atoms with Gasteiger partial charge < -0.3 is 20.3 Å². The molecule has 148 valence electrons. The zero-order chi connectivity index (χ0) is 20.7. The third kappa shape index (κ3) is 6.37. The molecule has 0 aliphatic heterocycles. The summed E-state index contributed by atoms with van der Waals surface area (Å²) >= 11 is 5.82. The number of nitrogens with one attached hydrogen (secondary N) is 3. The third-order valence-corrected chi connectivity index (χ3v) is 4.24. The molecule has 28 heavy (non-hydrogen) atoms. The van der Waals surface area contributed by atoms with E-state index in [0.29, 0.717) is 26.9 Å². The summed E-state index contributed by atoms with van der Waals surface area (Å²) in [6, 6.07) is 11.7. The Morgan fingerprint density at radius 1 is 1.00 bits per heavy atom. The van der Waals surface area contributed by atoms with Crippen LogP contribution in [0.15, 0.2) is 42.5 Å². The van der Waals surface area contributed by atoms with E-state index in [9.17, 15) is 14.4 Å². The van der Waals surface area contributed by atoms with E-state index in [0.717, 1.165) is 5.56 Å². The van der Waals surface area contributed by atoms with Crippen LogP contribution >= 0.6 is 11.6 Å². The zero-order valence-electron chi connectivity index (χ0n) is 16.0. The summed E-state index contributed by atoms with van der Waals surface area (Å²) in [5, 5.41) is 6.12. The van der Waals surface area contributed by atoms with Gasteiger partial charge in [0.2, 0.25) is 0 Å². The van der Waals surface area contributed by atoms with Crippen LogP contribution in [0.4, 0.5) is 11.4 Å². The number of halogens is 1. The van der Waals surface area contributed by atoms with Crippen LogP contribution in [-0.2, 0) is 14.3 Å². The summed E-state index contributed by atoms with van der Waals surface area (Å²) in [5.41, 5.74) is 2.35. The highest BCUT2D eigenvalue weighted by atomic mass is 35.5. The molecule has 0 bridgehead atoms. The number of carbonyl (C=O) groups excluding carboxylic acids is 3. The molecule has 0 heterocycles. The van der Waals surface area contributed by atoms with Gasteiger partial charge in [-0.1, -0.05) is 17.7 Å². The first-order valence-corrected chi connectivity index (χ1v) is 9.02. The number of hydrogen-bond donors (Lipinski definition) is 3. The number of carbonyl (C=O) groups is 3. The topological polar surface area (TPSA) is 88.9 Å². The number of methoxy groups -OCH3 is 1. The Labute approximate surface area is 168 Å². The Kier molecular flexibility index (Phi) is 7.54. The highest BCUT2D eigenvalue weighted by molar-refractivity contribution is 6.30. The SMILES string of the molecule is COC(=O)c1ccc(C)c(NC(=O)C[NH+](C)CC(=O)Nc2ccc(Cl)cc2)c1. The first-order valence-electron chi connectivity index (χ1n) is 8.64. The zero-order valence-corrected chi connectivity index (χ0v) is 16.7. The predicted molar refractivity (Wildman–Crippen MR) is 108 cm³/mol. The van der Waals surface area contributed by atoms with Crippen molar-refractivity contribution >= 4 is 40.8 Å². The minimum Gasteiger partial charge on any atom is -0.465 e. The summed E-state index contributed by atoms with van der Waals surface area (Å²) in [6.07, 6.45) is 0. The number of aryl methyl sites for hydroxylation is 1. The van der Waals surface area contributed by atoms with E-state index in [1.165, 1.54) is 7.11 Å². The molecule has 0 saturated carbocycles. The van der Waals surface area contributed by atoms with Crippen LogP contribution < -0.4 is 15.5 Å². The molecule has 0 radical (unpaired) electrons. The van der Waals surface area contributed by atoms with Crippen molar-refractivity contribution in [2.24, 2.45) is 0 Å². The average molecular weight is 405 g/mol. The molecule has 8 heteroatoms. The molecule has 0 saturated heterocycles. The Balaban J connectivity index is 1.89. The van der Waals surface area contributed by atoms with Gasteiger partial charge in [-0.2, -0.15) is 0 Å². The lowest BCUT2D eigenvalue weighted by atomic mass is 10.1. The molecule has 2 aromatic rings. The maximum Gasteiger partial charge on any atom is 0.337 e. The van der Waals surface area contributed by atoms with Gasteiger partial charge in [-0.15, -0.1) is 0 Å². The van der Waals surface area contributed by atoms with Gasteiger partial charge in [-0.3, -0.25) is 9.59 Å². The van der Waals surface area contributed by atoms with Gasteiger partial charge in [0.15, 0.2) is 13.1 Å². The van der Waals surface area contributed by atoms with E-state index in [1.54, 1.807) is 49.5 Å². The number of hydrogen-bond acceptors (Lipinski definition) is 4. The molecule has 2 aromatic carbocycles. The van der Waals surface area contributed by atoms with Gasteiger partial charge in [-0.05, 0) is 48.9 Å². The van der Waals surface area contributed by atoms with Crippen molar-refractivity contribution in [1.82, 2.24) is 0 Å². The molecule has 0 aliphatic rings. The van der Waals surface area contributed by atoms with E-state index in [4.69, 9.17) is 16.3 Å². The number of anilines is 2. The van der Waals surface area contributed by atoms with Crippen LogP contribution in [-0.4, -0.2) is 45.0 Å². The molecule has 0 spiro atoms. The van der Waals surface area contributed by atoms with Crippen molar-refractivity contribution in [3.05, 3.63) is 58.6 Å². The van der Waals surface area contributed by atoms with Crippen molar-refractivity contribution in [1.29, 1.82) is 0 Å². The lowest BCUT2D eigenvalue weighted by Crippen LogP contribution is -3.11. The second kappa shape index (κ2) is 9.87. The molecule has 1 unspecified atom stereocenters. The highest BCUT2D eigenvalue weighted by Crippen LogP contribution is 2.17. The van der Waals surface area contributed by atoms with E-state index < -0.39 is 5.97 Å². The Morgan fingerprint density at radius 2 is 1.61 bits per heavy atom. The van der Waals surface area contributed by atoms with Crippen LogP contribution in [0.5, 0.6) is 0 Å². The number of esters is 1. The van der Waals surface area contributed by atoms with Gasteiger partial charge in [-0.25, -0.2) is 4.79 Å². The Bertz CT molecular complexity index is 868. The lowest BCUT2D eigenvalue weighted by molar-refractivity contribution is -0.862. The number of ether oxygens (including phenoxy) is 1. The fourth-order valence-electron chi connectivity index (χ4n) is 2.54. The van der Waals surface area contributed by atoms with Crippen LogP contribution in [0, 0.1) is 6.92 Å². The fraction of sp³-hybridized carbons (Fsp3) is 0.250. The van der Waals surface area contributed by atoms with Gasteiger partial charge in [0.05, 0.1) is 19.7 Å². The van der Waals surface area contributed by atoms with Crippen LogP contribution in [0.2, 0.25) is 5.02 Å². The molecule has 1 atom stereocenters. The number of likely N-dealkylation sites (N-methyl/N-ethyl adjacent to an activating group) is 1. The van der Waals surface area contributed by atoms with Crippen molar-refractivity contribution in [3.63, 3.8) is 0 Å². The smallest absolute Gasteiger partial charge is 0.337 e. The predicted octanol–water partition coefficient (Wildman–Crippen LogP) is 1.53. The minimum absolute atomic E-state index is 0.0932. The third-order valence-electron chi connectivity index (χ3n) is 3.99. The lowest BCUT2D eigenvalue weighted by Gasteiger charge is -2.15. The maximum atomic E-state index is 12.3. The average Bonchev–Trinajstić information content (AvgIpc) is 2.64.